The third kappa shape index (κ3) is 3.48. The first kappa shape index (κ1) is 16.2. The van der Waals surface area contributed by atoms with Crippen molar-refractivity contribution in [1.29, 1.82) is 0 Å². The van der Waals surface area contributed by atoms with Gasteiger partial charge in [-0.3, -0.25) is 4.79 Å². The minimum atomic E-state index is -3.06. The van der Waals surface area contributed by atoms with Crippen molar-refractivity contribution in [3.05, 3.63) is 0 Å². The molecule has 0 aromatic rings. The molecule has 1 aliphatic carbocycles. The van der Waals surface area contributed by atoms with Gasteiger partial charge in [0.1, 0.15) is 0 Å². The molecule has 1 saturated carbocycles. The van der Waals surface area contributed by atoms with Crippen molar-refractivity contribution in [2.45, 2.75) is 51.9 Å². The van der Waals surface area contributed by atoms with Crippen LogP contribution in [-0.2, 0) is 14.8 Å². The summed E-state index contributed by atoms with van der Waals surface area (Å²) in [6.07, 6.45) is 7.01. The number of hydrogen-bond donors (Lipinski definition) is 0. The molecular weight excluding hydrogens is 300 g/mol. The Morgan fingerprint density at radius 1 is 1.09 bits per heavy atom. The van der Waals surface area contributed by atoms with Gasteiger partial charge >= 0.3 is 0 Å². The lowest BCUT2D eigenvalue weighted by molar-refractivity contribution is -0.130. The highest BCUT2D eigenvalue weighted by atomic mass is 32.2. The van der Waals surface area contributed by atoms with Crippen LogP contribution in [0.15, 0.2) is 0 Å². The number of amides is 1. The lowest BCUT2D eigenvalue weighted by atomic mass is 9.73. The van der Waals surface area contributed by atoms with Crippen molar-refractivity contribution < 1.29 is 13.2 Å². The molecule has 0 bridgehead atoms. The number of sulfonamides is 1. The van der Waals surface area contributed by atoms with E-state index in [1.54, 1.807) is 11.2 Å². The largest absolute Gasteiger partial charge is 0.342 e. The summed E-state index contributed by atoms with van der Waals surface area (Å²) in [4.78, 5) is 14.4. The summed E-state index contributed by atoms with van der Waals surface area (Å²) in [6, 6.07) is 0. The zero-order chi connectivity index (χ0) is 15.8. The summed E-state index contributed by atoms with van der Waals surface area (Å²) < 4.78 is 25.6. The fourth-order valence-electron chi connectivity index (χ4n) is 3.88. The first-order chi connectivity index (χ1) is 10.4. The van der Waals surface area contributed by atoms with E-state index in [1.807, 2.05) is 0 Å². The average Bonchev–Trinajstić information content (AvgIpc) is 3.34. The van der Waals surface area contributed by atoms with Crippen LogP contribution >= 0.6 is 0 Å². The lowest BCUT2D eigenvalue weighted by Gasteiger charge is -2.40. The number of piperidine rings is 1. The van der Waals surface area contributed by atoms with Gasteiger partial charge in [0.05, 0.1) is 5.75 Å². The molecule has 5 nitrogen and oxygen atoms in total. The van der Waals surface area contributed by atoms with Gasteiger partial charge in [-0.1, -0.05) is 0 Å². The second-order valence-corrected chi connectivity index (χ2v) is 9.59. The highest BCUT2D eigenvalue weighted by molar-refractivity contribution is 7.89. The van der Waals surface area contributed by atoms with E-state index < -0.39 is 10.0 Å². The summed E-state index contributed by atoms with van der Waals surface area (Å²) in [7, 11) is -3.06. The van der Waals surface area contributed by atoms with Crippen LogP contribution in [0.25, 0.3) is 0 Å². The standard InChI is InChI=1S/C16H28N2O3S/c1-2-22(20,21)18-11-8-16(9-12-18)6-5-15(19)17(10-7-16)13-14-3-4-14/h14H,2-13H2,1H3. The van der Waals surface area contributed by atoms with E-state index in [9.17, 15) is 13.2 Å². The molecule has 3 rings (SSSR count). The van der Waals surface area contributed by atoms with Gasteiger partial charge in [-0.15, -0.1) is 0 Å². The fourth-order valence-corrected chi connectivity index (χ4v) is 4.98. The minimum Gasteiger partial charge on any atom is -0.342 e. The first-order valence-electron chi connectivity index (χ1n) is 8.70. The molecule has 1 spiro atoms. The highest BCUT2D eigenvalue weighted by Crippen LogP contribution is 2.42. The van der Waals surface area contributed by atoms with Crippen molar-refractivity contribution in [1.82, 2.24) is 9.21 Å². The number of nitrogens with zero attached hydrogens (tertiary/aromatic N) is 2. The first-order valence-corrected chi connectivity index (χ1v) is 10.3. The summed E-state index contributed by atoms with van der Waals surface area (Å²) in [5.41, 5.74) is 0.188. The molecule has 0 aromatic heterocycles. The summed E-state index contributed by atoms with van der Waals surface area (Å²) in [5.74, 6) is 1.25. The molecule has 2 aliphatic heterocycles. The van der Waals surface area contributed by atoms with Gasteiger partial charge in [0, 0.05) is 32.6 Å². The maximum atomic E-state index is 12.3. The van der Waals surface area contributed by atoms with E-state index in [1.165, 1.54) is 12.8 Å². The predicted octanol–water partition coefficient (Wildman–Crippen LogP) is 1.84. The van der Waals surface area contributed by atoms with Crippen molar-refractivity contribution >= 4 is 15.9 Å². The second-order valence-electron chi connectivity index (χ2n) is 7.33. The van der Waals surface area contributed by atoms with Crippen LogP contribution in [0.2, 0.25) is 0 Å². The highest BCUT2D eigenvalue weighted by Gasteiger charge is 2.40. The number of likely N-dealkylation sites (tertiary alicyclic amines) is 1. The number of rotatable bonds is 4. The van der Waals surface area contributed by atoms with Gasteiger partial charge in [-0.05, 0) is 56.8 Å². The van der Waals surface area contributed by atoms with E-state index in [2.05, 4.69) is 4.90 Å². The van der Waals surface area contributed by atoms with Gasteiger partial charge in [0.2, 0.25) is 15.9 Å². The molecule has 22 heavy (non-hydrogen) atoms. The van der Waals surface area contributed by atoms with Crippen molar-refractivity contribution in [3.8, 4) is 0 Å². The Hall–Kier alpha value is -0.620. The number of carbonyl (C=O) groups excluding carboxylic acids is 1. The Morgan fingerprint density at radius 3 is 2.32 bits per heavy atom. The topological polar surface area (TPSA) is 57.7 Å². The van der Waals surface area contributed by atoms with Gasteiger partial charge in [0.25, 0.3) is 0 Å². The van der Waals surface area contributed by atoms with E-state index in [0.717, 1.165) is 44.7 Å². The van der Waals surface area contributed by atoms with Crippen molar-refractivity contribution in [3.63, 3.8) is 0 Å². The molecule has 0 aromatic carbocycles. The lowest BCUT2D eigenvalue weighted by Crippen LogP contribution is -2.44. The summed E-state index contributed by atoms with van der Waals surface area (Å²) in [5, 5.41) is 0. The molecule has 0 atom stereocenters. The maximum absolute atomic E-state index is 12.3. The van der Waals surface area contributed by atoms with Crippen molar-refractivity contribution in [2.75, 3.05) is 31.9 Å². The second kappa shape index (κ2) is 6.11. The van der Waals surface area contributed by atoms with Crippen LogP contribution in [0.4, 0.5) is 0 Å². The van der Waals surface area contributed by atoms with Crippen LogP contribution < -0.4 is 0 Å². The van der Waals surface area contributed by atoms with E-state index >= 15 is 0 Å². The van der Waals surface area contributed by atoms with Crippen LogP contribution in [0, 0.1) is 11.3 Å². The molecule has 6 heteroatoms. The predicted molar refractivity (Wildman–Crippen MR) is 85.9 cm³/mol. The molecule has 3 fully saturated rings. The SMILES string of the molecule is CCS(=O)(=O)N1CCC2(CCC(=O)N(CC3CC3)CC2)CC1. The van der Waals surface area contributed by atoms with Gasteiger partial charge in [-0.25, -0.2) is 12.7 Å². The third-order valence-electron chi connectivity index (χ3n) is 5.85. The average molecular weight is 328 g/mol. The zero-order valence-corrected chi connectivity index (χ0v) is 14.4. The molecule has 3 aliphatic rings. The zero-order valence-electron chi connectivity index (χ0n) is 13.6. The summed E-state index contributed by atoms with van der Waals surface area (Å²) in [6.45, 7) is 4.79. The summed E-state index contributed by atoms with van der Waals surface area (Å²) >= 11 is 0. The van der Waals surface area contributed by atoms with E-state index in [-0.39, 0.29) is 11.2 Å². The molecule has 2 saturated heterocycles. The van der Waals surface area contributed by atoms with Crippen LogP contribution in [0.3, 0.4) is 0 Å². The molecule has 0 radical (unpaired) electrons. The van der Waals surface area contributed by atoms with Crippen LogP contribution in [0.5, 0.6) is 0 Å². The Morgan fingerprint density at radius 2 is 1.73 bits per heavy atom. The molecule has 1 amide bonds. The van der Waals surface area contributed by atoms with Gasteiger partial charge in [-0.2, -0.15) is 0 Å². The maximum Gasteiger partial charge on any atom is 0.222 e. The third-order valence-corrected chi connectivity index (χ3v) is 7.73. The van der Waals surface area contributed by atoms with Crippen LogP contribution in [-0.4, -0.2) is 55.5 Å². The number of carbonyl (C=O) groups is 1. The Balaban J connectivity index is 1.60. The van der Waals surface area contributed by atoms with Crippen LogP contribution in [0.1, 0.15) is 51.9 Å². The Labute approximate surface area is 134 Å². The van der Waals surface area contributed by atoms with E-state index in [0.29, 0.717) is 25.4 Å². The molecule has 126 valence electrons. The van der Waals surface area contributed by atoms with E-state index in [4.69, 9.17) is 0 Å². The van der Waals surface area contributed by atoms with Gasteiger partial charge in [0.15, 0.2) is 0 Å². The van der Waals surface area contributed by atoms with Crippen molar-refractivity contribution in [2.24, 2.45) is 11.3 Å². The Bertz CT molecular complexity index is 520. The fraction of sp³-hybridized carbons (Fsp3) is 0.938. The Kier molecular flexibility index (Phi) is 4.52. The normalized spacial score (nSPS) is 27.1. The molecule has 0 unspecified atom stereocenters. The minimum absolute atomic E-state index is 0.188. The molecule has 0 N–H and O–H groups in total. The monoisotopic (exact) mass is 328 g/mol. The van der Waals surface area contributed by atoms with Gasteiger partial charge < -0.3 is 4.90 Å². The quantitative estimate of drug-likeness (QED) is 0.791. The molecule has 2 heterocycles. The smallest absolute Gasteiger partial charge is 0.222 e. The molecular formula is C16H28N2O3S. The number of hydrogen-bond acceptors (Lipinski definition) is 3.